The summed E-state index contributed by atoms with van der Waals surface area (Å²) in [6, 6.07) is 5.17. The van der Waals surface area contributed by atoms with Crippen molar-refractivity contribution in [1.82, 2.24) is 5.32 Å². The minimum atomic E-state index is -0.875. The number of carboxylic acids is 1. The molecule has 0 aliphatic carbocycles. The average Bonchev–Trinajstić information content (AvgIpc) is 2.48. The SMILES string of the molecule is CCCCOc1ccc(NC(=O)NC(C)(C)CCC(=O)O)c(C)c1. The van der Waals surface area contributed by atoms with E-state index >= 15 is 0 Å². The molecule has 0 heterocycles. The van der Waals surface area contributed by atoms with E-state index in [0.29, 0.717) is 18.7 Å². The van der Waals surface area contributed by atoms with E-state index in [-0.39, 0.29) is 12.5 Å². The highest BCUT2D eigenvalue weighted by Gasteiger charge is 2.21. The Bertz CT molecular complexity index is 570. The molecule has 0 aliphatic heterocycles. The summed E-state index contributed by atoms with van der Waals surface area (Å²) >= 11 is 0. The van der Waals surface area contributed by atoms with Crippen molar-refractivity contribution < 1.29 is 19.4 Å². The molecule has 1 rings (SSSR count). The monoisotopic (exact) mass is 336 g/mol. The number of urea groups is 1. The zero-order valence-corrected chi connectivity index (χ0v) is 14.9. The molecule has 0 bridgehead atoms. The van der Waals surface area contributed by atoms with Gasteiger partial charge in [0.1, 0.15) is 5.75 Å². The van der Waals surface area contributed by atoms with Crippen molar-refractivity contribution in [3.8, 4) is 5.75 Å². The molecule has 134 valence electrons. The molecule has 1 aromatic carbocycles. The Hall–Kier alpha value is -2.24. The number of unbranched alkanes of at least 4 members (excludes halogenated alkanes) is 1. The average molecular weight is 336 g/mol. The van der Waals surface area contributed by atoms with Crippen LogP contribution in [0.3, 0.4) is 0 Å². The van der Waals surface area contributed by atoms with Crippen molar-refractivity contribution in [3.05, 3.63) is 23.8 Å². The molecule has 0 aromatic heterocycles. The number of benzene rings is 1. The zero-order valence-electron chi connectivity index (χ0n) is 14.9. The van der Waals surface area contributed by atoms with E-state index in [1.54, 1.807) is 19.9 Å². The number of ether oxygens (including phenoxy) is 1. The number of amides is 2. The van der Waals surface area contributed by atoms with Crippen LogP contribution < -0.4 is 15.4 Å². The molecular formula is C18H28N2O4. The van der Waals surface area contributed by atoms with Crippen molar-refractivity contribution >= 4 is 17.7 Å². The number of aryl methyl sites for hydroxylation is 1. The summed E-state index contributed by atoms with van der Waals surface area (Å²) in [5.41, 5.74) is 1.01. The lowest BCUT2D eigenvalue weighted by Crippen LogP contribution is -2.45. The summed E-state index contributed by atoms with van der Waals surface area (Å²) in [5.74, 6) is -0.0894. The van der Waals surface area contributed by atoms with Gasteiger partial charge in [0.05, 0.1) is 6.61 Å². The predicted octanol–water partition coefficient (Wildman–Crippen LogP) is 3.94. The number of aliphatic carboxylic acids is 1. The third-order valence-corrected chi connectivity index (χ3v) is 3.63. The van der Waals surface area contributed by atoms with Gasteiger partial charge < -0.3 is 20.5 Å². The van der Waals surface area contributed by atoms with Crippen LogP contribution in [0.2, 0.25) is 0 Å². The summed E-state index contributed by atoms with van der Waals surface area (Å²) in [6.45, 7) is 8.29. The van der Waals surface area contributed by atoms with Crippen molar-refractivity contribution in [2.24, 2.45) is 0 Å². The van der Waals surface area contributed by atoms with Crippen LogP contribution in [0.15, 0.2) is 18.2 Å². The minimum absolute atomic E-state index is 0.0100. The first-order valence-corrected chi connectivity index (χ1v) is 8.28. The van der Waals surface area contributed by atoms with Crippen molar-refractivity contribution in [2.75, 3.05) is 11.9 Å². The fourth-order valence-electron chi connectivity index (χ4n) is 2.14. The molecule has 24 heavy (non-hydrogen) atoms. The Balaban J connectivity index is 2.58. The van der Waals surface area contributed by atoms with Crippen molar-refractivity contribution in [2.45, 2.75) is 58.9 Å². The summed E-state index contributed by atoms with van der Waals surface area (Å²) in [5, 5.41) is 14.3. The van der Waals surface area contributed by atoms with Crippen LogP contribution in [-0.2, 0) is 4.79 Å². The standard InChI is InChI=1S/C18H28N2O4/c1-5-6-11-24-14-7-8-15(13(2)12-14)19-17(23)20-18(3,4)10-9-16(21)22/h7-8,12H,5-6,9-11H2,1-4H3,(H,21,22)(H2,19,20,23). The van der Waals surface area contributed by atoms with Gasteiger partial charge in [-0.3, -0.25) is 4.79 Å². The lowest BCUT2D eigenvalue weighted by Gasteiger charge is -2.26. The Kier molecular flexibility index (Phi) is 7.55. The van der Waals surface area contributed by atoms with Crippen LogP contribution >= 0.6 is 0 Å². The molecule has 0 saturated carbocycles. The van der Waals surface area contributed by atoms with E-state index in [0.717, 1.165) is 24.2 Å². The Morgan fingerprint density at radius 2 is 2.00 bits per heavy atom. The second-order valence-corrected chi connectivity index (χ2v) is 6.54. The maximum atomic E-state index is 12.1. The van der Waals surface area contributed by atoms with Gasteiger partial charge >= 0.3 is 12.0 Å². The second kappa shape index (κ2) is 9.15. The third-order valence-electron chi connectivity index (χ3n) is 3.63. The zero-order chi connectivity index (χ0) is 18.2. The number of anilines is 1. The highest BCUT2D eigenvalue weighted by Crippen LogP contribution is 2.22. The molecule has 0 fully saturated rings. The first kappa shape index (κ1) is 19.8. The fourth-order valence-corrected chi connectivity index (χ4v) is 2.14. The van der Waals surface area contributed by atoms with Crippen molar-refractivity contribution in [3.63, 3.8) is 0 Å². The Morgan fingerprint density at radius 3 is 2.58 bits per heavy atom. The summed E-state index contributed by atoms with van der Waals surface area (Å²) in [6.07, 6.45) is 2.46. The summed E-state index contributed by atoms with van der Waals surface area (Å²) in [4.78, 5) is 22.8. The molecule has 3 N–H and O–H groups in total. The van der Waals surface area contributed by atoms with E-state index in [2.05, 4.69) is 17.6 Å². The van der Waals surface area contributed by atoms with E-state index < -0.39 is 11.5 Å². The van der Waals surface area contributed by atoms with Gasteiger partial charge in [-0.1, -0.05) is 13.3 Å². The lowest BCUT2D eigenvalue weighted by atomic mass is 9.99. The Labute approximate surface area is 143 Å². The molecule has 0 atom stereocenters. The van der Waals surface area contributed by atoms with Gasteiger partial charge in [-0.25, -0.2) is 4.79 Å². The van der Waals surface area contributed by atoms with Crippen LogP contribution in [0.4, 0.5) is 10.5 Å². The predicted molar refractivity (Wildman–Crippen MR) is 94.7 cm³/mol. The number of carbonyl (C=O) groups is 2. The van der Waals surface area contributed by atoms with Gasteiger partial charge in [-0.05, 0) is 57.4 Å². The number of hydrogen-bond donors (Lipinski definition) is 3. The lowest BCUT2D eigenvalue weighted by molar-refractivity contribution is -0.137. The smallest absolute Gasteiger partial charge is 0.319 e. The van der Waals surface area contributed by atoms with Gasteiger partial charge in [0.15, 0.2) is 0 Å². The van der Waals surface area contributed by atoms with E-state index in [4.69, 9.17) is 9.84 Å². The largest absolute Gasteiger partial charge is 0.494 e. The maximum Gasteiger partial charge on any atom is 0.319 e. The van der Waals surface area contributed by atoms with Gasteiger partial charge in [-0.2, -0.15) is 0 Å². The number of hydrogen-bond acceptors (Lipinski definition) is 3. The quantitative estimate of drug-likeness (QED) is 0.596. The molecule has 6 nitrogen and oxygen atoms in total. The molecule has 0 saturated heterocycles. The summed E-state index contributed by atoms with van der Waals surface area (Å²) < 4.78 is 5.64. The highest BCUT2D eigenvalue weighted by atomic mass is 16.5. The molecular weight excluding hydrogens is 308 g/mol. The maximum absolute atomic E-state index is 12.1. The van der Waals surface area contributed by atoms with Crippen molar-refractivity contribution in [1.29, 1.82) is 0 Å². The molecule has 0 unspecified atom stereocenters. The number of rotatable bonds is 9. The number of nitrogens with one attached hydrogen (secondary N) is 2. The van der Waals surface area contributed by atoms with E-state index in [1.807, 2.05) is 19.1 Å². The normalized spacial score (nSPS) is 11.0. The van der Waals surface area contributed by atoms with Crippen LogP contribution in [0.25, 0.3) is 0 Å². The Morgan fingerprint density at radius 1 is 1.29 bits per heavy atom. The van der Waals surface area contributed by atoms with Gasteiger partial charge in [0.25, 0.3) is 0 Å². The van der Waals surface area contributed by atoms with Crippen LogP contribution in [0, 0.1) is 6.92 Å². The molecule has 0 aliphatic rings. The van der Waals surface area contributed by atoms with Gasteiger partial charge in [-0.15, -0.1) is 0 Å². The second-order valence-electron chi connectivity index (χ2n) is 6.54. The minimum Gasteiger partial charge on any atom is -0.494 e. The number of carboxylic acid groups (broad SMARTS) is 1. The van der Waals surface area contributed by atoms with Gasteiger partial charge in [0.2, 0.25) is 0 Å². The molecule has 6 heteroatoms. The third kappa shape index (κ3) is 7.35. The molecule has 0 radical (unpaired) electrons. The first-order chi connectivity index (χ1) is 11.2. The van der Waals surface area contributed by atoms with E-state index in [1.165, 1.54) is 0 Å². The topological polar surface area (TPSA) is 87.7 Å². The molecule has 1 aromatic rings. The van der Waals surface area contributed by atoms with Crippen LogP contribution in [-0.4, -0.2) is 29.3 Å². The van der Waals surface area contributed by atoms with Gasteiger partial charge in [0, 0.05) is 17.6 Å². The summed E-state index contributed by atoms with van der Waals surface area (Å²) in [7, 11) is 0. The fraction of sp³-hybridized carbons (Fsp3) is 0.556. The number of carbonyl (C=O) groups excluding carboxylic acids is 1. The first-order valence-electron chi connectivity index (χ1n) is 8.28. The highest BCUT2D eigenvalue weighted by molar-refractivity contribution is 5.90. The molecule has 0 spiro atoms. The van der Waals surface area contributed by atoms with Crippen LogP contribution in [0.5, 0.6) is 5.75 Å². The van der Waals surface area contributed by atoms with Crippen LogP contribution in [0.1, 0.15) is 52.0 Å². The molecule has 2 amide bonds. The van der Waals surface area contributed by atoms with E-state index in [9.17, 15) is 9.59 Å².